The molecule has 1 aromatic heterocycles. The SMILES string of the molecule is NC1=NCCS1.Nc1ccccn1. The molecule has 2 heterocycles. The highest BCUT2D eigenvalue weighted by molar-refractivity contribution is 8.14. The molecule has 13 heavy (non-hydrogen) atoms. The van der Waals surface area contributed by atoms with Crippen LogP contribution in [0.15, 0.2) is 29.4 Å². The molecule has 0 aromatic carbocycles. The Morgan fingerprint density at radius 3 is 2.38 bits per heavy atom. The van der Waals surface area contributed by atoms with E-state index in [0.717, 1.165) is 17.5 Å². The van der Waals surface area contributed by atoms with E-state index in [2.05, 4.69) is 9.98 Å². The Bertz CT molecular complexity index is 273. The smallest absolute Gasteiger partial charge is 0.153 e. The fraction of sp³-hybridized carbons (Fsp3) is 0.250. The zero-order valence-electron chi connectivity index (χ0n) is 7.18. The molecule has 1 aliphatic heterocycles. The van der Waals surface area contributed by atoms with Crippen molar-refractivity contribution in [3.05, 3.63) is 24.4 Å². The summed E-state index contributed by atoms with van der Waals surface area (Å²) in [4.78, 5) is 7.65. The molecule has 0 aliphatic carbocycles. The van der Waals surface area contributed by atoms with Crippen molar-refractivity contribution < 1.29 is 0 Å². The number of anilines is 1. The van der Waals surface area contributed by atoms with Gasteiger partial charge in [0, 0.05) is 11.9 Å². The molecule has 1 aromatic rings. The number of hydrogen-bond acceptors (Lipinski definition) is 5. The van der Waals surface area contributed by atoms with Crippen molar-refractivity contribution in [2.45, 2.75) is 0 Å². The summed E-state index contributed by atoms with van der Waals surface area (Å²) < 4.78 is 0. The molecule has 0 atom stereocenters. The third-order valence-electron chi connectivity index (χ3n) is 1.30. The van der Waals surface area contributed by atoms with E-state index in [4.69, 9.17) is 11.5 Å². The van der Waals surface area contributed by atoms with Gasteiger partial charge in [-0.1, -0.05) is 17.8 Å². The van der Waals surface area contributed by atoms with Gasteiger partial charge in [0.05, 0.1) is 6.54 Å². The average Bonchev–Trinajstić information content (AvgIpc) is 2.58. The molecule has 4 N–H and O–H groups in total. The van der Waals surface area contributed by atoms with Crippen LogP contribution in [-0.4, -0.2) is 22.4 Å². The first-order valence-corrected chi connectivity index (χ1v) is 4.87. The second-order valence-corrected chi connectivity index (χ2v) is 3.44. The van der Waals surface area contributed by atoms with Crippen molar-refractivity contribution in [1.82, 2.24) is 4.98 Å². The molecule has 0 saturated carbocycles. The summed E-state index contributed by atoms with van der Waals surface area (Å²) in [5, 5.41) is 0.745. The van der Waals surface area contributed by atoms with E-state index in [1.54, 1.807) is 24.0 Å². The van der Waals surface area contributed by atoms with Gasteiger partial charge in [-0.2, -0.15) is 0 Å². The quantitative estimate of drug-likeness (QED) is 0.640. The molecule has 70 valence electrons. The number of nitrogens with zero attached hydrogens (tertiary/aromatic N) is 2. The summed E-state index contributed by atoms with van der Waals surface area (Å²) in [6.07, 6.45) is 1.66. The second kappa shape index (κ2) is 5.42. The molecule has 2 rings (SSSR count). The van der Waals surface area contributed by atoms with E-state index in [9.17, 15) is 0 Å². The summed E-state index contributed by atoms with van der Waals surface area (Å²) in [5.41, 5.74) is 10.5. The lowest BCUT2D eigenvalue weighted by Gasteiger charge is -1.82. The van der Waals surface area contributed by atoms with E-state index in [1.807, 2.05) is 12.1 Å². The Morgan fingerprint density at radius 1 is 1.31 bits per heavy atom. The molecule has 0 radical (unpaired) electrons. The normalized spacial score (nSPS) is 14.3. The molecular formula is C8H12N4S. The van der Waals surface area contributed by atoms with E-state index < -0.39 is 0 Å². The van der Waals surface area contributed by atoms with Crippen molar-refractivity contribution in [3.8, 4) is 0 Å². The van der Waals surface area contributed by atoms with Gasteiger partial charge in [-0.05, 0) is 12.1 Å². The Hall–Kier alpha value is -1.23. The number of rotatable bonds is 0. The minimum Gasteiger partial charge on any atom is -0.384 e. The molecule has 0 bridgehead atoms. The fourth-order valence-electron chi connectivity index (χ4n) is 0.728. The summed E-state index contributed by atoms with van der Waals surface area (Å²) in [7, 11) is 0. The van der Waals surface area contributed by atoms with Crippen LogP contribution in [0.1, 0.15) is 0 Å². The maximum Gasteiger partial charge on any atom is 0.153 e. The standard InChI is InChI=1S/C5H6N2.C3H6N2S/c6-5-3-1-2-4-7-5;4-3-5-1-2-6-3/h1-4H,(H2,6,7);1-2H2,(H2,4,5). The monoisotopic (exact) mass is 196 g/mol. The molecule has 4 nitrogen and oxygen atoms in total. The van der Waals surface area contributed by atoms with Crippen LogP contribution in [0, 0.1) is 0 Å². The van der Waals surface area contributed by atoms with E-state index >= 15 is 0 Å². The van der Waals surface area contributed by atoms with Crippen molar-refractivity contribution in [2.24, 2.45) is 10.7 Å². The van der Waals surface area contributed by atoms with Gasteiger partial charge in [0.15, 0.2) is 5.17 Å². The Labute approximate surface area is 81.4 Å². The van der Waals surface area contributed by atoms with Crippen LogP contribution in [0.25, 0.3) is 0 Å². The van der Waals surface area contributed by atoms with Crippen LogP contribution in [0.3, 0.4) is 0 Å². The fourth-order valence-corrected chi connectivity index (χ4v) is 1.30. The zero-order chi connectivity index (χ0) is 9.52. The van der Waals surface area contributed by atoms with Crippen LogP contribution in [0.4, 0.5) is 5.82 Å². The highest BCUT2D eigenvalue weighted by Crippen LogP contribution is 2.05. The minimum atomic E-state index is 0.572. The molecule has 0 saturated heterocycles. The number of pyridine rings is 1. The van der Waals surface area contributed by atoms with Crippen molar-refractivity contribution in [1.29, 1.82) is 0 Å². The Morgan fingerprint density at radius 2 is 2.15 bits per heavy atom. The minimum absolute atomic E-state index is 0.572. The molecule has 0 unspecified atom stereocenters. The van der Waals surface area contributed by atoms with Crippen molar-refractivity contribution in [3.63, 3.8) is 0 Å². The first kappa shape index (κ1) is 9.85. The van der Waals surface area contributed by atoms with E-state index in [-0.39, 0.29) is 0 Å². The first-order chi connectivity index (χ1) is 6.29. The third kappa shape index (κ3) is 4.37. The number of hydrogen-bond donors (Lipinski definition) is 2. The lowest BCUT2D eigenvalue weighted by atomic mass is 10.5. The number of nitrogens with two attached hydrogens (primary N) is 2. The number of amidine groups is 1. The molecular weight excluding hydrogens is 184 g/mol. The summed E-state index contributed by atoms with van der Waals surface area (Å²) in [6.45, 7) is 0.913. The Balaban J connectivity index is 0.000000132. The van der Waals surface area contributed by atoms with Gasteiger partial charge in [-0.15, -0.1) is 0 Å². The maximum absolute atomic E-state index is 5.25. The van der Waals surface area contributed by atoms with Crippen LogP contribution in [0.5, 0.6) is 0 Å². The summed E-state index contributed by atoms with van der Waals surface area (Å²) in [5.74, 6) is 1.65. The van der Waals surface area contributed by atoms with Gasteiger partial charge in [0.25, 0.3) is 0 Å². The molecule has 0 spiro atoms. The summed E-state index contributed by atoms with van der Waals surface area (Å²) in [6, 6.07) is 5.43. The second-order valence-electron chi connectivity index (χ2n) is 2.32. The van der Waals surface area contributed by atoms with E-state index in [1.165, 1.54) is 0 Å². The molecule has 1 aliphatic rings. The van der Waals surface area contributed by atoms with Gasteiger partial charge >= 0.3 is 0 Å². The van der Waals surface area contributed by atoms with Crippen LogP contribution >= 0.6 is 11.8 Å². The van der Waals surface area contributed by atoms with Crippen LogP contribution < -0.4 is 11.5 Å². The van der Waals surface area contributed by atoms with Crippen LogP contribution in [-0.2, 0) is 0 Å². The van der Waals surface area contributed by atoms with Gasteiger partial charge in [-0.3, -0.25) is 4.99 Å². The topological polar surface area (TPSA) is 77.3 Å². The predicted molar refractivity (Wildman–Crippen MR) is 57.6 cm³/mol. The highest BCUT2D eigenvalue weighted by atomic mass is 32.2. The predicted octanol–water partition coefficient (Wildman–Crippen LogP) is 0.712. The van der Waals surface area contributed by atoms with E-state index in [0.29, 0.717) is 5.82 Å². The number of nitrogen functional groups attached to an aromatic ring is 1. The number of aliphatic imine (C=N–C) groups is 1. The largest absolute Gasteiger partial charge is 0.384 e. The van der Waals surface area contributed by atoms with Gasteiger partial charge in [0.2, 0.25) is 0 Å². The van der Waals surface area contributed by atoms with Gasteiger partial charge in [0.1, 0.15) is 5.82 Å². The van der Waals surface area contributed by atoms with Gasteiger partial charge < -0.3 is 11.5 Å². The number of aromatic nitrogens is 1. The molecule has 0 fully saturated rings. The zero-order valence-corrected chi connectivity index (χ0v) is 8.00. The summed E-state index contributed by atoms with van der Waals surface area (Å²) >= 11 is 1.62. The Kier molecular flexibility index (Phi) is 4.11. The lowest BCUT2D eigenvalue weighted by molar-refractivity contribution is 1.17. The van der Waals surface area contributed by atoms with Crippen LogP contribution in [0.2, 0.25) is 0 Å². The highest BCUT2D eigenvalue weighted by Gasteiger charge is 1.98. The average molecular weight is 196 g/mol. The van der Waals surface area contributed by atoms with Gasteiger partial charge in [-0.25, -0.2) is 4.98 Å². The van der Waals surface area contributed by atoms with Crippen molar-refractivity contribution in [2.75, 3.05) is 18.0 Å². The number of thioether (sulfide) groups is 1. The molecule has 5 heteroatoms. The lowest BCUT2D eigenvalue weighted by Crippen LogP contribution is -2.00. The first-order valence-electron chi connectivity index (χ1n) is 3.88. The molecule has 0 amide bonds. The third-order valence-corrected chi connectivity index (χ3v) is 2.11. The van der Waals surface area contributed by atoms with Crippen molar-refractivity contribution >= 4 is 22.7 Å². The maximum atomic E-state index is 5.25.